The Bertz CT molecular complexity index is 384. The average Bonchev–Trinajstić information content (AvgIpc) is 2.55. The van der Waals surface area contributed by atoms with E-state index in [4.69, 9.17) is 0 Å². The lowest BCUT2D eigenvalue weighted by Gasteiger charge is -2.22. The normalized spacial score (nSPS) is 17.9. The summed E-state index contributed by atoms with van der Waals surface area (Å²) < 4.78 is 13.7. The first kappa shape index (κ1) is 12.0. The largest absolute Gasteiger partial charge is 0.357 e. The Morgan fingerprint density at radius 2 is 2.12 bits per heavy atom. The van der Waals surface area contributed by atoms with Crippen LogP contribution < -0.4 is 10.2 Å². The molecule has 0 bridgehead atoms. The fourth-order valence-electron chi connectivity index (χ4n) is 1.96. The molecule has 17 heavy (non-hydrogen) atoms. The van der Waals surface area contributed by atoms with E-state index in [1.807, 2.05) is 4.90 Å². The van der Waals surface area contributed by atoms with Crippen LogP contribution in [0, 0.1) is 5.82 Å². The van der Waals surface area contributed by atoms with Crippen LogP contribution in [-0.4, -0.2) is 55.1 Å². The summed E-state index contributed by atoms with van der Waals surface area (Å²) >= 11 is 0. The van der Waals surface area contributed by atoms with Crippen molar-refractivity contribution in [2.24, 2.45) is 0 Å². The molecule has 0 unspecified atom stereocenters. The molecule has 1 aliphatic heterocycles. The highest BCUT2D eigenvalue weighted by Gasteiger charge is 2.17. The molecule has 2 heterocycles. The van der Waals surface area contributed by atoms with E-state index in [1.54, 1.807) is 7.05 Å². The minimum atomic E-state index is -0.353. The molecule has 0 atom stereocenters. The van der Waals surface area contributed by atoms with Crippen LogP contribution in [0.15, 0.2) is 6.20 Å². The molecule has 1 saturated heterocycles. The molecule has 2 rings (SSSR count). The third-order valence-corrected chi connectivity index (χ3v) is 2.97. The van der Waals surface area contributed by atoms with E-state index in [-0.39, 0.29) is 5.82 Å². The predicted molar refractivity (Wildman–Crippen MR) is 65.9 cm³/mol. The van der Waals surface area contributed by atoms with E-state index in [2.05, 4.69) is 27.2 Å². The van der Waals surface area contributed by atoms with Gasteiger partial charge in [-0.3, -0.25) is 0 Å². The van der Waals surface area contributed by atoms with Gasteiger partial charge in [0, 0.05) is 26.7 Å². The molecule has 1 aromatic heterocycles. The van der Waals surface area contributed by atoms with Gasteiger partial charge >= 0.3 is 0 Å². The van der Waals surface area contributed by atoms with Crippen molar-refractivity contribution in [2.75, 3.05) is 50.5 Å². The highest BCUT2D eigenvalue weighted by molar-refractivity contribution is 5.43. The number of aromatic nitrogens is 2. The Hall–Kier alpha value is -1.43. The number of rotatable bonds is 2. The highest BCUT2D eigenvalue weighted by atomic mass is 19.1. The lowest BCUT2D eigenvalue weighted by atomic mass is 10.4. The molecule has 1 fully saturated rings. The van der Waals surface area contributed by atoms with Crippen molar-refractivity contribution in [3.63, 3.8) is 0 Å². The van der Waals surface area contributed by atoms with Crippen LogP contribution in [-0.2, 0) is 0 Å². The van der Waals surface area contributed by atoms with Gasteiger partial charge in [-0.15, -0.1) is 0 Å². The minimum absolute atomic E-state index is 0.353. The zero-order valence-electron chi connectivity index (χ0n) is 10.3. The summed E-state index contributed by atoms with van der Waals surface area (Å²) in [5, 5.41) is 2.83. The van der Waals surface area contributed by atoms with Gasteiger partial charge in [0.25, 0.3) is 0 Å². The summed E-state index contributed by atoms with van der Waals surface area (Å²) in [5.41, 5.74) is 0. The number of nitrogens with one attached hydrogen (secondary N) is 1. The zero-order chi connectivity index (χ0) is 12.3. The summed E-state index contributed by atoms with van der Waals surface area (Å²) in [4.78, 5) is 12.3. The molecule has 0 radical (unpaired) electrons. The summed E-state index contributed by atoms with van der Waals surface area (Å²) in [6.45, 7) is 3.61. The van der Waals surface area contributed by atoms with Gasteiger partial charge < -0.3 is 15.1 Å². The van der Waals surface area contributed by atoms with Gasteiger partial charge in [-0.25, -0.2) is 9.37 Å². The summed E-state index contributed by atoms with van der Waals surface area (Å²) in [7, 11) is 3.81. The fourth-order valence-corrected chi connectivity index (χ4v) is 1.96. The second-order valence-electron chi connectivity index (χ2n) is 4.26. The van der Waals surface area contributed by atoms with Crippen molar-refractivity contribution < 1.29 is 4.39 Å². The van der Waals surface area contributed by atoms with Gasteiger partial charge in [-0.05, 0) is 20.0 Å². The number of nitrogens with zero attached hydrogens (tertiary/aromatic N) is 4. The van der Waals surface area contributed by atoms with Gasteiger partial charge in [0.15, 0.2) is 11.6 Å². The quantitative estimate of drug-likeness (QED) is 0.827. The standard InChI is InChI=1S/C11H18FN5/c1-13-11-14-8-9(12)10(15-11)17-5-3-4-16(2)6-7-17/h8H,3-7H2,1-2H3,(H,13,14,15). The third kappa shape index (κ3) is 2.82. The number of anilines is 2. The van der Waals surface area contributed by atoms with Gasteiger partial charge in [-0.1, -0.05) is 0 Å². The van der Waals surface area contributed by atoms with Crippen molar-refractivity contribution in [1.82, 2.24) is 14.9 Å². The molecule has 1 N–H and O–H groups in total. The molecule has 1 aliphatic rings. The van der Waals surface area contributed by atoms with Crippen molar-refractivity contribution in [2.45, 2.75) is 6.42 Å². The molecular weight excluding hydrogens is 221 g/mol. The lowest BCUT2D eigenvalue weighted by molar-refractivity contribution is 0.360. The first-order chi connectivity index (χ1) is 8.20. The van der Waals surface area contributed by atoms with Gasteiger partial charge in [0.05, 0.1) is 6.20 Å². The van der Waals surface area contributed by atoms with Crippen LogP contribution >= 0.6 is 0 Å². The Balaban J connectivity index is 2.20. The molecule has 0 aromatic carbocycles. The van der Waals surface area contributed by atoms with Crippen LogP contribution in [0.2, 0.25) is 0 Å². The second-order valence-corrected chi connectivity index (χ2v) is 4.26. The smallest absolute Gasteiger partial charge is 0.224 e. The number of hydrogen-bond donors (Lipinski definition) is 1. The van der Waals surface area contributed by atoms with Crippen molar-refractivity contribution in [3.05, 3.63) is 12.0 Å². The maximum atomic E-state index is 13.7. The Kier molecular flexibility index (Phi) is 3.73. The van der Waals surface area contributed by atoms with Gasteiger partial charge in [-0.2, -0.15) is 4.98 Å². The van der Waals surface area contributed by atoms with Crippen LogP contribution in [0.4, 0.5) is 16.2 Å². The van der Waals surface area contributed by atoms with E-state index in [0.717, 1.165) is 32.6 Å². The average molecular weight is 239 g/mol. The molecule has 94 valence electrons. The Morgan fingerprint density at radius 3 is 2.88 bits per heavy atom. The molecule has 5 nitrogen and oxygen atoms in total. The topological polar surface area (TPSA) is 44.3 Å². The SMILES string of the molecule is CNc1ncc(F)c(N2CCCN(C)CC2)n1. The van der Waals surface area contributed by atoms with Gasteiger partial charge in [0.1, 0.15) is 0 Å². The van der Waals surface area contributed by atoms with E-state index in [0.29, 0.717) is 11.8 Å². The Labute approximate surface area is 101 Å². The molecule has 1 aromatic rings. The van der Waals surface area contributed by atoms with Crippen molar-refractivity contribution >= 4 is 11.8 Å². The first-order valence-corrected chi connectivity index (χ1v) is 5.84. The molecule has 0 saturated carbocycles. The highest BCUT2D eigenvalue weighted by Crippen LogP contribution is 2.18. The monoisotopic (exact) mass is 239 g/mol. The molecular formula is C11H18FN5. The van der Waals surface area contributed by atoms with Gasteiger partial charge in [0.2, 0.25) is 5.95 Å². The summed E-state index contributed by atoms with van der Waals surface area (Å²) in [6, 6.07) is 0. The molecule has 0 amide bonds. The lowest BCUT2D eigenvalue weighted by Crippen LogP contribution is -2.30. The fraction of sp³-hybridized carbons (Fsp3) is 0.636. The number of likely N-dealkylation sites (N-methyl/N-ethyl adjacent to an activating group) is 1. The third-order valence-electron chi connectivity index (χ3n) is 2.97. The van der Waals surface area contributed by atoms with E-state index in [9.17, 15) is 4.39 Å². The van der Waals surface area contributed by atoms with Crippen molar-refractivity contribution in [1.29, 1.82) is 0 Å². The van der Waals surface area contributed by atoms with Crippen LogP contribution in [0.5, 0.6) is 0 Å². The van der Waals surface area contributed by atoms with E-state index in [1.165, 1.54) is 6.20 Å². The number of hydrogen-bond acceptors (Lipinski definition) is 5. The molecule has 0 aliphatic carbocycles. The van der Waals surface area contributed by atoms with E-state index < -0.39 is 0 Å². The molecule has 6 heteroatoms. The van der Waals surface area contributed by atoms with Crippen LogP contribution in [0.3, 0.4) is 0 Å². The maximum Gasteiger partial charge on any atom is 0.224 e. The minimum Gasteiger partial charge on any atom is -0.357 e. The number of halogens is 1. The summed E-state index contributed by atoms with van der Waals surface area (Å²) in [6.07, 6.45) is 2.25. The zero-order valence-corrected chi connectivity index (χ0v) is 10.3. The van der Waals surface area contributed by atoms with E-state index >= 15 is 0 Å². The second kappa shape index (κ2) is 5.27. The Morgan fingerprint density at radius 1 is 1.29 bits per heavy atom. The van der Waals surface area contributed by atoms with Crippen LogP contribution in [0.1, 0.15) is 6.42 Å². The van der Waals surface area contributed by atoms with Crippen LogP contribution in [0.25, 0.3) is 0 Å². The molecule has 0 spiro atoms. The predicted octanol–water partition coefficient (Wildman–Crippen LogP) is 0.799. The summed E-state index contributed by atoms with van der Waals surface area (Å²) in [5.74, 6) is 0.507. The van der Waals surface area contributed by atoms with Crippen molar-refractivity contribution in [3.8, 4) is 0 Å². The maximum absolute atomic E-state index is 13.7. The first-order valence-electron chi connectivity index (χ1n) is 5.84.